The maximum absolute atomic E-state index is 10.5. The highest BCUT2D eigenvalue weighted by atomic mass is 16.3. The van der Waals surface area contributed by atoms with Gasteiger partial charge in [0.1, 0.15) is 17.4 Å². The van der Waals surface area contributed by atoms with Gasteiger partial charge < -0.3 is 9.67 Å². The summed E-state index contributed by atoms with van der Waals surface area (Å²) in [6.07, 6.45) is 2.37. The monoisotopic (exact) mass is 310 g/mol. The molecule has 0 radical (unpaired) electrons. The maximum atomic E-state index is 10.5. The Labute approximate surface area is 136 Å². The highest BCUT2D eigenvalue weighted by Gasteiger charge is 2.21. The second-order valence-electron chi connectivity index (χ2n) is 6.40. The first-order chi connectivity index (χ1) is 11.1. The first kappa shape index (κ1) is 15.6. The molecule has 0 spiro atoms. The highest BCUT2D eigenvalue weighted by Crippen LogP contribution is 2.23. The smallest absolute Gasteiger partial charge is 0.155 e. The van der Waals surface area contributed by atoms with Crippen molar-refractivity contribution in [3.63, 3.8) is 0 Å². The second-order valence-corrected chi connectivity index (χ2v) is 6.40. The zero-order valence-corrected chi connectivity index (χ0v) is 13.7. The van der Waals surface area contributed by atoms with E-state index in [-0.39, 0.29) is 11.3 Å². The summed E-state index contributed by atoms with van der Waals surface area (Å²) in [5.41, 5.74) is 2.05. The number of likely N-dealkylation sites (tertiary alicyclic amines) is 1. The zero-order valence-electron chi connectivity index (χ0n) is 13.7. The van der Waals surface area contributed by atoms with Crippen LogP contribution >= 0.6 is 0 Å². The van der Waals surface area contributed by atoms with Crippen LogP contribution < -0.4 is 0 Å². The zero-order chi connectivity index (χ0) is 16.4. The number of nitrogens with zero attached hydrogens (tertiary/aromatic N) is 4. The van der Waals surface area contributed by atoms with Crippen molar-refractivity contribution in [1.82, 2.24) is 14.5 Å². The molecule has 1 aromatic carbocycles. The molecule has 1 saturated heterocycles. The molecule has 1 atom stereocenters. The van der Waals surface area contributed by atoms with Gasteiger partial charge >= 0.3 is 0 Å². The number of piperidine rings is 1. The number of aliphatic hydroxyl groups excluding tert-OH is 1. The quantitative estimate of drug-likeness (QED) is 0.699. The molecule has 0 aliphatic carbocycles. The molecule has 120 valence electrons. The largest absolute Gasteiger partial charge is 0.509 e. The predicted molar refractivity (Wildman–Crippen MR) is 90.7 cm³/mol. The molecule has 3 rings (SSSR count). The van der Waals surface area contributed by atoms with E-state index in [2.05, 4.69) is 22.9 Å². The molecular weight excluding hydrogens is 288 g/mol. The molecule has 1 N–H and O–H groups in total. The molecule has 0 saturated carbocycles. The third-order valence-corrected chi connectivity index (χ3v) is 4.53. The summed E-state index contributed by atoms with van der Waals surface area (Å²) in [5, 5.41) is 20.1. The van der Waals surface area contributed by atoms with Gasteiger partial charge in [0.15, 0.2) is 5.82 Å². The number of hydrogen-bond acceptors (Lipinski definition) is 4. The van der Waals surface area contributed by atoms with E-state index in [1.165, 1.54) is 6.42 Å². The average Bonchev–Trinajstić information content (AvgIpc) is 2.86. The molecule has 1 aromatic heterocycles. The number of aliphatic hydroxyl groups is 1. The minimum atomic E-state index is 0.111. The van der Waals surface area contributed by atoms with Crippen LogP contribution in [0, 0.1) is 17.2 Å². The summed E-state index contributed by atoms with van der Waals surface area (Å²) in [6.45, 7) is 4.57. The third kappa shape index (κ3) is 3.08. The Bertz CT molecular complexity index is 784. The Morgan fingerprint density at radius 2 is 2.22 bits per heavy atom. The van der Waals surface area contributed by atoms with E-state index >= 15 is 0 Å². The normalized spacial score (nSPS) is 20.3. The summed E-state index contributed by atoms with van der Waals surface area (Å²) in [6, 6.07) is 9.88. The van der Waals surface area contributed by atoms with Gasteiger partial charge in [-0.05, 0) is 37.4 Å². The van der Waals surface area contributed by atoms with Crippen molar-refractivity contribution < 1.29 is 5.11 Å². The van der Waals surface area contributed by atoms with E-state index in [1.54, 1.807) is 0 Å². The van der Waals surface area contributed by atoms with Crippen LogP contribution in [0.15, 0.2) is 30.0 Å². The van der Waals surface area contributed by atoms with Crippen LogP contribution in [0.5, 0.6) is 0 Å². The number of hydrogen-bond donors (Lipinski definition) is 1. The molecule has 1 fully saturated rings. The first-order valence-electron chi connectivity index (χ1n) is 8.06. The number of aryl methyl sites for hydroxylation is 1. The lowest BCUT2D eigenvalue weighted by atomic mass is 10.00. The van der Waals surface area contributed by atoms with Crippen molar-refractivity contribution >= 4 is 16.6 Å². The third-order valence-electron chi connectivity index (χ3n) is 4.53. The standard InChI is InChI=1S/C18H22N4O/c1-13-6-5-9-22(11-13)12-17(23)14(10-19)18-20-15-7-3-4-8-16(15)21(18)2/h3-4,7-8,13,23H,5-6,9,11-12H2,1-2H3/b17-14-. The van der Waals surface area contributed by atoms with Gasteiger partial charge in [0.05, 0.1) is 17.6 Å². The van der Waals surface area contributed by atoms with E-state index in [4.69, 9.17) is 0 Å². The molecule has 0 amide bonds. The number of imidazole rings is 1. The molecule has 5 nitrogen and oxygen atoms in total. The van der Waals surface area contributed by atoms with E-state index < -0.39 is 0 Å². The number of fused-ring (bicyclic) bond motifs is 1. The molecule has 0 bridgehead atoms. The fraction of sp³-hybridized carbons (Fsp3) is 0.444. The van der Waals surface area contributed by atoms with E-state index in [1.807, 2.05) is 35.9 Å². The van der Waals surface area contributed by atoms with Gasteiger partial charge in [-0.25, -0.2) is 4.98 Å². The Kier molecular flexibility index (Phi) is 4.35. The van der Waals surface area contributed by atoms with Crippen molar-refractivity contribution in [2.75, 3.05) is 19.6 Å². The van der Waals surface area contributed by atoms with Gasteiger partial charge in [-0.15, -0.1) is 0 Å². The topological polar surface area (TPSA) is 65.1 Å². The number of nitriles is 1. The Balaban J connectivity index is 1.93. The van der Waals surface area contributed by atoms with Gasteiger partial charge in [-0.3, -0.25) is 4.90 Å². The molecule has 2 heterocycles. The second kappa shape index (κ2) is 6.43. The van der Waals surface area contributed by atoms with Gasteiger partial charge in [0.25, 0.3) is 0 Å². The molecule has 2 aromatic rings. The van der Waals surface area contributed by atoms with Gasteiger partial charge in [-0.2, -0.15) is 5.26 Å². The van der Waals surface area contributed by atoms with Crippen LogP contribution in [0.4, 0.5) is 0 Å². The van der Waals surface area contributed by atoms with Crippen LogP contribution in [0.25, 0.3) is 16.6 Å². The van der Waals surface area contributed by atoms with Crippen LogP contribution in [0.3, 0.4) is 0 Å². The van der Waals surface area contributed by atoms with Crippen molar-refractivity contribution in [2.45, 2.75) is 19.8 Å². The first-order valence-corrected chi connectivity index (χ1v) is 8.06. The molecule has 5 heteroatoms. The number of para-hydroxylation sites is 2. The lowest BCUT2D eigenvalue weighted by Gasteiger charge is -2.30. The SMILES string of the molecule is CC1CCCN(C/C(O)=C(\C#N)c2nc3ccccc3n2C)C1. The van der Waals surface area contributed by atoms with Gasteiger partial charge in [0, 0.05) is 13.6 Å². The van der Waals surface area contributed by atoms with Crippen LogP contribution in [0.2, 0.25) is 0 Å². The molecule has 1 aliphatic heterocycles. The Morgan fingerprint density at radius 1 is 1.43 bits per heavy atom. The summed E-state index contributed by atoms with van der Waals surface area (Å²) in [4.78, 5) is 6.73. The van der Waals surface area contributed by atoms with E-state index in [0.29, 0.717) is 18.3 Å². The summed E-state index contributed by atoms with van der Waals surface area (Å²) in [7, 11) is 1.87. The van der Waals surface area contributed by atoms with Crippen LogP contribution in [-0.2, 0) is 7.05 Å². The minimum absolute atomic E-state index is 0.111. The van der Waals surface area contributed by atoms with Crippen molar-refractivity contribution in [1.29, 1.82) is 5.26 Å². The van der Waals surface area contributed by atoms with Crippen molar-refractivity contribution in [3.8, 4) is 6.07 Å². The predicted octanol–water partition coefficient (Wildman–Crippen LogP) is 3.10. The average molecular weight is 310 g/mol. The fourth-order valence-electron chi connectivity index (χ4n) is 3.33. The molecule has 23 heavy (non-hydrogen) atoms. The highest BCUT2D eigenvalue weighted by molar-refractivity contribution is 5.83. The van der Waals surface area contributed by atoms with Crippen molar-refractivity contribution in [2.24, 2.45) is 13.0 Å². The summed E-state index contributed by atoms with van der Waals surface area (Å²) < 4.78 is 1.86. The number of rotatable bonds is 3. The summed E-state index contributed by atoms with van der Waals surface area (Å²) >= 11 is 0. The maximum Gasteiger partial charge on any atom is 0.155 e. The lowest BCUT2D eigenvalue weighted by molar-refractivity contribution is 0.177. The van der Waals surface area contributed by atoms with E-state index in [9.17, 15) is 10.4 Å². The fourth-order valence-corrected chi connectivity index (χ4v) is 3.33. The summed E-state index contributed by atoms with van der Waals surface area (Å²) in [5.74, 6) is 1.27. The van der Waals surface area contributed by atoms with Crippen LogP contribution in [-0.4, -0.2) is 39.2 Å². The minimum Gasteiger partial charge on any atom is -0.509 e. The molecule has 1 aliphatic rings. The van der Waals surface area contributed by atoms with Gasteiger partial charge in [0.2, 0.25) is 0 Å². The van der Waals surface area contributed by atoms with E-state index in [0.717, 1.165) is 30.5 Å². The number of benzene rings is 1. The molecule has 1 unspecified atom stereocenters. The molecular formula is C18H22N4O. The number of allylic oxidation sites excluding steroid dienone is 1. The van der Waals surface area contributed by atoms with Crippen molar-refractivity contribution in [3.05, 3.63) is 35.8 Å². The number of aromatic nitrogens is 2. The van der Waals surface area contributed by atoms with Gasteiger partial charge in [-0.1, -0.05) is 19.1 Å². The van der Waals surface area contributed by atoms with Crippen LogP contribution in [0.1, 0.15) is 25.6 Å². The Hall–Kier alpha value is -2.32. The Morgan fingerprint density at radius 3 is 2.91 bits per heavy atom. The lowest BCUT2D eigenvalue weighted by Crippen LogP contribution is -2.35.